The Morgan fingerprint density at radius 3 is 1.57 bits per heavy atom. The maximum absolute atomic E-state index is 9.02. The minimum Gasteiger partial charge on any atom is -0.380 e. The highest BCUT2D eigenvalue weighted by Gasteiger charge is 2.38. The summed E-state index contributed by atoms with van der Waals surface area (Å²) >= 11 is 0. The number of azo groups is 2. The van der Waals surface area contributed by atoms with Crippen molar-refractivity contribution in [3.8, 4) is 0 Å². The molecular weight excluding hydrogens is 732 g/mol. The Morgan fingerprint density at radius 1 is 0.571 bits per heavy atom. The van der Waals surface area contributed by atoms with Crippen molar-refractivity contribution in [2.24, 2.45) is 44.1 Å². The van der Waals surface area contributed by atoms with Crippen LogP contribution >= 0.6 is 0 Å². The molecular formula is C36H68N10O10. The van der Waals surface area contributed by atoms with E-state index >= 15 is 0 Å². The molecule has 9 N–H and O–H groups in total. The van der Waals surface area contributed by atoms with Gasteiger partial charge in [-0.1, -0.05) is 0 Å². The predicted octanol–water partition coefficient (Wildman–Crippen LogP) is 2.81. The number of nitrogens with zero attached hydrogens (tertiary/aromatic N) is 5. The van der Waals surface area contributed by atoms with Gasteiger partial charge in [0.15, 0.2) is 0 Å². The van der Waals surface area contributed by atoms with Crippen LogP contribution in [0, 0.1) is 23.7 Å². The molecule has 0 radical (unpaired) electrons. The largest absolute Gasteiger partial charge is 0.380 e. The van der Waals surface area contributed by atoms with Crippen LogP contribution in [0.4, 0.5) is 0 Å². The molecule has 2 heterocycles. The van der Waals surface area contributed by atoms with E-state index in [0.29, 0.717) is 19.3 Å². The average Bonchev–Trinajstić information content (AvgIpc) is 3.21. The van der Waals surface area contributed by atoms with Crippen LogP contribution < -0.4 is 26.6 Å². The molecule has 322 valence electrons. The third-order valence-corrected chi connectivity index (χ3v) is 12.7. The van der Waals surface area contributed by atoms with Crippen molar-refractivity contribution in [3.05, 3.63) is 0 Å². The SMILES string of the molecule is COC1CC(N=NC2CC(COO)CC(COO)C2)CCC1NC1NC(NC2CCC(N=NC3CC(COO)CC(COO)C3)CC2)NC(N2CCOCC2)N1. The van der Waals surface area contributed by atoms with Gasteiger partial charge in [0.1, 0.15) is 18.9 Å². The fourth-order valence-electron chi connectivity index (χ4n) is 9.93. The summed E-state index contributed by atoms with van der Waals surface area (Å²) in [6.45, 7) is 4.06. The molecule has 0 spiro atoms. The molecule has 0 aromatic heterocycles. The van der Waals surface area contributed by atoms with Gasteiger partial charge in [-0.3, -0.25) is 52.5 Å². The van der Waals surface area contributed by atoms with E-state index in [1.807, 2.05) is 0 Å². The van der Waals surface area contributed by atoms with Gasteiger partial charge in [-0.05, 0) is 107 Å². The zero-order chi connectivity index (χ0) is 39.1. The van der Waals surface area contributed by atoms with Gasteiger partial charge in [0.2, 0.25) is 0 Å². The van der Waals surface area contributed by atoms with Gasteiger partial charge in [-0.2, -0.15) is 20.5 Å². The van der Waals surface area contributed by atoms with E-state index in [4.69, 9.17) is 51.0 Å². The quantitative estimate of drug-likeness (QED) is 0.0549. The number of methoxy groups -OCH3 is 1. The molecule has 0 aromatic rings. The zero-order valence-electron chi connectivity index (χ0n) is 32.9. The van der Waals surface area contributed by atoms with Crippen molar-refractivity contribution in [2.45, 2.75) is 145 Å². The second-order valence-electron chi connectivity index (χ2n) is 16.9. The van der Waals surface area contributed by atoms with Crippen LogP contribution in [-0.2, 0) is 29.0 Å². The van der Waals surface area contributed by atoms with Crippen molar-refractivity contribution >= 4 is 0 Å². The van der Waals surface area contributed by atoms with Crippen molar-refractivity contribution in [1.82, 2.24) is 31.5 Å². The number of nitrogens with one attached hydrogen (secondary N) is 5. The molecule has 56 heavy (non-hydrogen) atoms. The molecule has 6 aliphatic rings. The lowest BCUT2D eigenvalue weighted by Gasteiger charge is -2.47. The van der Waals surface area contributed by atoms with E-state index in [9.17, 15) is 0 Å². The Balaban J connectivity index is 0.993. The Morgan fingerprint density at radius 2 is 1.05 bits per heavy atom. The molecule has 10 atom stereocenters. The Hall–Kier alpha value is -1.44. The highest BCUT2D eigenvalue weighted by atomic mass is 17.1. The Bertz CT molecular complexity index is 1140. The smallest absolute Gasteiger partial charge is 0.119 e. The summed E-state index contributed by atoms with van der Waals surface area (Å²) in [5.74, 6) is 0.596. The minimum absolute atomic E-state index is 0.00435. The molecule has 20 heteroatoms. The van der Waals surface area contributed by atoms with Crippen molar-refractivity contribution in [1.29, 1.82) is 0 Å². The predicted molar refractivity (Wildman–Crippen MR) is 201 cm³/mol. The lowest BCUT2D eigenvalue weighted by Crippen LogP contribution is -2.79. The lowest BCUT2D eigenvalue weighted by molar-refractivity contribution is -0.263. The van der Waals surface area contributed by atoms with Gasteiger partial charge in [0.25, 0.3) is 0 Å². The van der Waals surface area contributed by atoms with E-state index in [2.05, 4.69) is 51.0 Å². The summed E-state index contributed by atoms with van der Waals surface area (Å²) in [4.78, 5) is 20.1. The van der Waals surface area contributed by atoms with Crippen molar-refractivity contribution in [2.75, 3.05) is 59.8 Å². The lowest BCUT2D eigenvalue weighted by atomic mass is 9.79. The molecule has 4 saturated carbocycles. The number of ether oxygens (including phenoxy) is 2. The summed E-state index contributed by atoms with van der Waals surface area (Å²) in [5, 5.41) is 74.0. The van der Waals surface area contributed by atoms with Gasteiger partial charge in [0, 0.05) is 32.3 Å². The monoisotopic (exact) mass is 801 g/mol. The standard InChI is InChI=1S/C36H68N10O10/c1-51-33-18-29(43-45-31-16-25(21-55-49)13-26(17-31)22-56-50)6-7-32(33)38-35-39-34(40-36(41-35)46-8-10-52-11-9-46)37-27-2-4-28(5-3-27)42-44-30-14-23(19-53-47)12-24(15-30)20-54-48/h23-41,47-50H,2-22H2,1H3. The van der Waals surface area contributed by atoms with Crippen LogP contribution in [0.1, 0.15) is 83.5 Å². The van der Waals surface area contributed by atoms with Crippen LogP contribution in [0.15, 0.2) is 20.5 Å². The Labute approximate surface area is 329 Å². The number of hydrogen-bond donors (Lipinski definition) is 9. The fraction of sp³-hybridized carbons (Fsp3) is 1.00. The fourth-order valence-corrected chi connectivity index (χ4v) is 9.93. The molecule has 4 aliphatic carbocycles. The van der Waals surface area contributed by atoms with Crippen molar-refractivity contribution < 1.29 is 50.1 Å². The van der Waals surface area contributed by atoms with E-state index in [1.54, 1.807) is 7.11 Å². The van der Waals surface area contributed by atoms with Gasteiger partial charge in [-0.25, -0.2) is 19.6 Å². The topological polar surface area (TPSA) is 249 Å². The first-order chi connectivity index (χ1) is 27.4. The zero-order valence-corrected chi connectivity index (χ0v) is 32.9. The molecule has 0 bridgehead atoms. The maximum Gasteiger partial charge on any atom is 0.119 e. The summed E-state index contributed by atoms with van der Waals surface area (Å²) in [5.41, 5.74) is 0. The first kappa shape index (κ1) is 44.1. The summed E-state index contributed by atoms with van der Waals surface area (Å²) < 4.78 is 11.7. The van der Waals surface area contributed by atoms with Gasteiger partial charge < -0.3 is 9.47 Å². The minimum atomic E-state index is -0.179. The second-order valence-corrected chi connectivity index (χ2v) is 16.9. The van der Waals surface area contributed by atoms with Crippen LogP contribution in [0.3, 0.4) is 0 Å². The molecule has 2 saturated heterocycles. The molecule has 20 nitrogen and oxygen atoms in total. The van der Waals surface area contributed by atoms with E-state index in [1.165, 1.54) is 0 Å². The van der Waals surface area contributed by atoms with Crippen LogP contribution in [0.25, 0.3) is 0 Å². The molecule has 0 amide bonds. The molecule has 2 aliphatic heterocycles. The molecule has 10 unspecified atom stereocenters. The number of hydrogen-bond acceptors (Lipinski definition) is 20. The number of rotatable bonds is 18. The number of morpholine rings is 1. The van der Waals surface area contributed by atoms with Crippen LogP contribution in [-0.4, -0.2) is 147 Å². The first-order valence-corrected chi connectivity index (χ1v) is 20.9. The molecule has 6 fully saturated rings. The second kappa shape index (κ2) is 23.4. The maximum atomic E-state index is 9.02. The van der Waals surface area contributed by atoms with E-state index < -0.39 is 0 Å². The third kappa shape index (κ3) is 13.5. The summed E-state index contributed by atoms with van der Waals surface area (Å²) in [6, 6.07) is 0.685. The van der Waals surface area contributed by atoms with Crippen LogP contribution in [0.2, 0.25) is 0 Å². The highest BCUT2D eigenvalue weighted by molar-refractivity contribution is 4.93. The van der Waals surface area contributed by atoms with Crippen molar-refractivity contribution in [3.63, 3.8) is 0 Å². The summed E-state index contributed by atoms with van der Waals surface area (Å²) in [7, 11) is 1.76. The normalized spacial score (nSPS) is 40.7. The van der Waals surface area contributed by atoms with Crippen LogP contribution in [0.5, 0.6) is 0 Å². The highest BCUT2D eigenvalue weighted by Crippen LogP contribution is 2.34. The first-order valence-electron chi connectivity index (χ1n) is 20.9. The molecule has 6 rings (SSSR count). The third-order valence-electron chi connectivity index (χ3n) is 12.7. The van der Waals surface area contributed by atoms with Gasteiger partial charge in [0.05, 0.1) is 69.9 Å². The average molecular weight is 801 g/mol. The van der Waals surface area contributed by atoms with Gasteiger partial charge >= 0.3 is 0 Å². The van der Waals surface area contributed by atoms with E-state index in [0.717, 1.165) is 96.6 Å². The molecule has 0 aromatic carbocycles. The van der Waals surface area contributed by atoms with Gasteiger partial charge in [-0.15, -0.1) is 0 Å². The van der Waals surface area contributed by atoms with E-state index in [-0.39, 0.29) is 105 Å². The Kier molecular flexibility index (Phi) is 18.4. The summed E-state index contributed by atoms with van der Waals surface area (Å²) in [6.07, 6.45) is 10.8.